The third kappa shape index (κ3) is 9.78. The molecule has 0 heteroatoms. The van der Waals surface area contributed by atoms with Crippen LogP contribution in [-0.2, 0) is 0 Å². The third-order valence-corrected chi connectivity index (χ3v) is 2.73. The fraction of sp³-hybridized carbons (Fsp3) is 0.667. The van der Waals surface area contributed by atoms with Gasteiger partial charge in [-0.25, -0.2) is 0 Å². The molecule has 87 valence electrons. The summed E-state index contributed by atoms with van der Waals surface area (Å²) in [4.78, 5) is 0. The van der Waals surface area contributed by atoms with E-state index in [1.54, 1.807) is 5.57 Å². The fourth-order valence-corrected chi connectivity index (χ4v) is 1.54. The molecule has 0 aliphatic rings. The van der Waals surface area contributed by atoms with Gasteiger partial charge < -0.3 is 0 Å². The van der Waals surface area contributed by atoms with Crippen LogP contribution >= 0.6 is 0 Å². The molecule has 0 atom stereocenters. The van der Waals surface area contributed by atoms with E-state index in [-0.39, 0.29) is 0 Å². The van der Waals surface area contributed by atoms with E-state index in [0.29, 0.717) is 0 Å². The molecular weight excluding hydrogens is 180 g/mol. The summed E-state index contributed by atoms with van der Waals surface area (Å²) in [6, 6.07) is 0. The molecule has 0 fully saturated rings. The summed E-state index contributed by atoms with van der Waals surface area (Å²) >= 11 is 0. The number of hydrogen-bond donors (Lipinski definition) is 0. The van der Waals surface area contributed by atoms with Crippen molar-refractivity contribution in [1.29, 1.82) is 0 Å². The molecule has 0 spiro atoms. The van der Waals surface area contributed by atoms with Gasteiger partial charge in [0.05, 0.1) is 0 Å². The molecule has 0 aromatic heterocycles. The second kappa shape index (κ2) is 8.76. The van der Waals surface area contributed by atoms with E-state index in [4.69, 9.17) is 0 Å². The van der Waals surface area contributed by atoms with Gasteiger partial charge in [0.2, 0.25) is 0 Å². The lowest BCUT2D eigenvalue weighted by atomic mass is 10.0. The van der Waals surface area contributed by atoms with Gasteiger partial charge in [0.15, 0.2) is 0 Å². The Morgan fingerprint density at radius 2 is 1.80 bits per heavy atom. The van der Waals surface area contributed by atoms with Crippen molar-refractivity contribution in [2.45, 2.75) is 59.8 Å². The SMILES string of the molecule is [CH2]C=C(C)CCC=C(C)CCCC(C)C. The first-order valence-electron chi connectivity index (χ1n) is 6.16. The zero-order valence-corrected chi connectivity index (χ0v) is 11.0. The molecule has 0 heterocycles. The minimum atomic E-state index is 0.842. The van der Waals surface area contributed by atoms with Gasteiger partial charge in [-0.1, -0.05) is 43.6 Å². The van der Waals surface area contributed by atoms with Crippen molar-refractivity contribution in [3.8, 4) is 0 Å². The molecule has 0 amide bonds. The van der Waals surface area contributed by atoms with Gasteiger partial charge in [0.1, 0.15) is 0 Å². The molecule has 0 aliphatic carbocycles. The first-order chi connectivity index (χ1) is 7.06. The molecule has 1 radical (unpaired) electrons. The Hall–Kier alpha value is -0.520. The Labute approximate surface area is 96.5 Å². The molecule has 0 unspecified atom stereocenters. The molecule has 0 aromatic carbocycles. The maximum Gasteiger partial charge on any atom is -0.0288 e. The summed E-state index contributed by atoms with van der Waals surface area (Å²) in [7, 11) is 0. The molecule has 0 saturated carbocycles. The van der Waals surface area contributed by atoms with E-state index in [1.807, 2.05) is 6.08 Å². The van der Waals surface area contributed by atoms with Crippen LogP contribution in [0.15, 0.2) is 23.3 Å². The molecular formula is C15H27. The summed E-state index contributed by atoms with van der Waals surface area (Å²) in [6.45, 7) is 12.8. The van der Waals surface area contributed by atoms with Gasteiger partial charge in [0, 0.05) is 0 Å². The topological polar surface area (TPSA) is 0 Å². The molecule has 0 rings (SSSR count). The molecule has 0 nitrogen and oxygen atoms in total. The van der Waals surface area contributed by atoms with Crippen LogP contribution in [0.5, 0.6) is 0 Å². The average Bonchev–Trinajstić information content (AvgIpc) is 2.17. The second-order valence-corrected chi connectivity index (χ2v) is 4.93. The predicted octanol–water partition coefficient (Wildman–Crippen LogP) is 5.32. The van der Waals surface area contributed by atoms with Crippen molar-refractivity contribution in [3.63, 3.8) is 0 Å². The Morgan fingerprint density at radius 1 is 1.13 bits per heavy atom. The van der Waals surface area contributed by atoms with Crippen LogP contribution in [0.25, 0.3) is 0 Å². The second-order valence-electron chi connectivity index (χ2n) is 4.93. The summed E-state index contributed by atoms with van der Waals surface area (Å²) in [5.41, 5.74) is 2.94. The summed E-state index contributed by atoms with van der Waals surface area (Å²) < 4.78 is 0. The van der Waals surface area contributed by atoms with Crippen LogP contribution < -0.4 is 0 Å². The van der Waals surface area contributed by atoms with E-state index in [0.717, 1.165) is 12.3 Å². The summed E-state index contributed by atoms with van der Waals surface area (Å²) in [6.07, 6.45) is 10.6. The van der Waals surface area contributed by atoms with Crippen molar-refractivity contribution >= 4 is 0 Å². The minimum absolute atomic E-state index is 0.842. The molecule has 15 heavy (non-hydrogen) atoms. The first kappa shape index (κ1) is 14.5. The number of allylic oxidation sites excluding steroid dienone is 4. The van der Waals surface area contributed by atoms with Crippen LogP contribution in [0.4, 0.5) is 0 Å². The molecule has 0 aromatic rings. The lowest BCUT2D eigenvalue weighted by Crippen LogP contribution is -1.87. The van der Waals surface area contributed by atoms with Crippen LogP contribution in [-0.4, -0.2) is 0 Å². The molecule has 0 aliphatic heterocycles. The normalized spacial score (nSPS) is 13.7. The summed E-state index contributed by atoms with van der Waals surface area (Å²) in [5.74, 6) is 0.842. The average molecular weight is 207 g/mol. The minimum Gasteiger partial charge on any atom is -0.0853 e. The number of rotatable bonds is 7. The van der Waals surface area contributed by atoms with Gasteiger partial charge in [-0.15, -0.1) is 0 Å². The van der Waals surface area contributed by atoms with Crippen molar-refractivity contribution in [1.82, 2.24) is 0 Å². The van der Waals surface area contributed by atoms with Crippen molar-refractivity contribution in [2.75, 3.05) is 0 Å². The van der Waals surface area contributed by atoms with E-state index in [9.17, 15) is 0 Å². The van der Waals surface area contributed by atoms with Gasteiger partial charge in [0.25, 0.3) is 0 Å². The van der Waals surface area contributed by atoms with E-state index >= 15 is 0 Å². The van der Waals surface area contributed by atoms with Crippen molar-refractivity contribution in [2.24, 2.45) is 5.92 Å². The molecule has 0 bridgehead atoms. The predicted molar refractivity (Wildman–Crippen MR) is 70.8 cm³/mol. The van der Waals surface area contributed by atoms with Gasteiger partial charge in [-0.2, -0.15) is 0 Å². The van der Waals surface area contributed by atoms with Gasteiger partial charge >= 0.3 is 0 Å². The van der Waals surface area contributed by atoms with Crippen LogP contribution in [0.2, 0.25) is 0 Å². The van der Waals surface area contributed by atoms with Crippen LogP contribution in [0.3, 0.4) is 0 Å². The molecule has 0 saturated heterocycles. The van der Waals surface area contributed by atoms with E-state index in [1.165, 1.54) is 31.3 Å². The molecule has 0 N–H and O–H groups in total. The standard InChI is InChI=1S/C15H27/c1-6-14(4)10-8-12-15(5)11-7-9-13(2)3/h6,12-13H,1,7-11H2,2-5H3. The lowest BCUT2D eigenvalue weighted by molar-refractivity contribution is 0.554. The zero-order valence-electron chi connectivity index (χ0n) is 11.0. The quantitative estimate of drug-likeness (QED) is 0.496. The Bertz CT molecular complexity index is 206. The summed E-state index contributed by atoms with van der Waals surface area (Å²) in [5, 5.41) is 0. The lowest BCUT2D eigenvalue weighted by Gasteiger charge is -2.04. The maximum absolute atomic E-state index is 3.77. The first-order valence-corrected chi connectivity index (χ1v) is 6.16. The third-order valence-electron chi connectivity index (χ3n) is 2.73. The highest BCUT2D eigenvalue weighted by Gasteiger charge is 1.95. The van der Waals surface area contributed by atoms with Gasteiger partial charge in [-0.05, 0) is 52.4 Å². The highest BCUT2D eigenvalue weighted by atomic mass is 14.0. The largest absolute Gasteiger partial charge is 0.0853 e. The smallest absolute Gasteiger partial charge is 0.0288 e. The highest BCUT2D eigenvalue weighted by molar-refractivity contribution is 5.04. The Kier molecular flexibility index (Phi) is 8.46. The van der Waals surface area contributed by atoms with Gasteiger partial charge in [-0.3, -0.25) is 0 Å². The highest BCUT2D eigenvalue weighted by Crippen LogP contribution is 2.13. The van der Waals surface area contributed by atoms with Crippen molar-refractivity contribution in [3.05, 3.63) is 30.2 Å². The maximum atomic E-state index is 3.77. The Morgan fingerprint density at radius 3 is 2.33 bits per heavy atom. The Balaban J connectivity index is 3.61. The van der Waals surface area contributed by atoms with Crippen LogP contribution in [0.1, 0.15) is 59.8 Å². The zero-order chi connectivity index (χ0) is 11.7. The van der Waals surface area contributed by atoms with Crippen molar-refractivity contribution < 1.29 is 0 Å². The van der Waals surface area contributed by atoms with E-state index < -0.39 is 0 Å². The van der Waals surface area contributed by atoms with Crippen LogP contribution in [0, 0.1) is 12.8 Å². The van der Waals surface area contributed by atoms with E-state index in [2.05, 4.69) is 40.7 Å². The fourth-order valence-electron chi connectivity index (χ4n) is 1.54. The monoisotopic (exact) mass is 207 g/mol. The number of hydrogen-bond acceptors (Lipinski definition) is 0.